The lowest BCUT2D eigenvalue weighted by atomic mass is 9.91. The van der Waals surface area contributed by atoms with Crippen molar-refractivity contribution in [2.24, 2.45) is 7.05 Å². The van der Waals surface area contributed by atoms with Crippen LogP contribution in [0.15, 0.2) is 28.8 Å². The number of aryl methyl sites for hydroxylation is 1. The fourth-order valence-corrected chi connectivity index (χ4v) is 5.42. The van der Waals surface area contributed by atoms with Crippen molar-refractivity contribution in [3.63, 3.8) is 0 Å². The van der Waals surface area contributed by atoms with Gasteiger partial charge in [0.2, 0.25) is 5.88 Å². The molecule has 0 aliphatic carbocycles. The van der Waals surface area contributed by atoms with Crippen molar-refractivity contribution in [2.75, 3.05) is 12.0 Å². The molecule has 0 atom stereocenters. The number of carbonyl (C=O) groups is 1. The molecule has 0 unspecified atom stereocenters. The summed E-state index contributed by atoms with van der Waals surface area (Å²) in [4.78, 5) is 13.5. The van der Waals surface area contributed by atoms with E-state index in [1.54, 1.807) is 13.8 Å². The lowest BCUT2D eigenvalue weighted by Crippen LogP contribution is -2.17. The average Bonchev–Trinajstić information content (AvgIpc) is 3.04. The quantitative estimate of drug-likeness (QED) is 0.396. The van der Waals surface area contributed by atoms with Gasteiger partial charge in [-0.15, -0.1) is 0 Å². The first kappa shape index (κ1) is 25.8. The van der Waals surface area contributed by atoms with E-state index in [1.807, 2.05) is 20.8 Å². The second-order valence-electron chi connectivity index (χ2n) is 8.02. The van der Waals surface area contributed by atoms with Crippen molar-refractivity contribution in [3.8, 4) is 5.88 Å². The Morgan fingerprint density at radius 2 is 1.72 bits per heavy atom. The van der Waals surface area contributed by atoms with E-state index < -0.39 is 25.7 Å². The van der Waals surface area contributed by atoms with Gasteiger partial charge in [-0.3, -0.25) is 4.79 Å². The van der Waals surface area contributed by atoms with Gasteiger partial charge in [-0.05, 0) is 62.9 Å². The lowest BCUT2D eigenvalue weighted by Gasteiger charge is -2.17. The molecule has 8 nitrogen and oxygen atoms in total. The minimum atomic E-state index is -3.90. The zero-order chi connectivity index (χ0) is 24.4. The summed E-state index contributed by atoms with van der Waals surface area (Å²) in [6.07, 6.45) is 3.49. The van der Waals surface area contributed by atoms with E-state index >= 15 is 0 Å². The second kappa shape index (κ2) is 9.58. The van der Waals surface area contributed by atoms with Gasteiger partial charge in [-0.25, -0.2) is 13.1 Å². The minimum absolute atomic E-state index is 0.0106. The van der Waals surface area contributed by atoms with Crippen LogP contribution in [0.5, 0.6) is 5.88 Å². The molecule has 1 aromatic carbocycles. The Bertz CT molecular complexity index is 1280. The number of carbonyl (C=O) groups excluding carboxylic acids is 1. The van der Waals surface area contributed by atoms with Crippen LogP contribution in [-0.4, -0.2) is 44.4 Å². The van der Waals surface area contributed by atoms with E-state index in [2.05, 4.69) is 5.10 Å². The van der Waals surface area contributed by atoms with Gasteiger partial charge >= 0.3 is 10.1 Å². The molecule has 0 amide bonds. The van der Waals surface area contributed by atoms with E-state index in [9.17, 15) is 21.6 Å². The summed E-state index contributed by atoms with van der Waals surface area (Å²) in [5.41, 5.74) is 2.86. The highest BCUT2D eigenvalue weighted by molar-refractivity contribution is 7.90. The zero-order valence-corrected chi connectivity index (χ0v) is 21.1. The van der Waals surface area contributed by atoms with Crippen molar-refractivity contribution in [1.82, 2.24) is 9.78 Å². The molecule has 1 heterocycles. The number of benzene rings is 1. The third kappa shape index (κ3) is 5.47. The van der Waals surface area contributed by atoms with Gasteiger partial charge in [0.15, 0.2) is 15.6 Å². The Balaban J connectivity index is 2.66. The first-order chi connectivity index (χ1) is 14.7. The lowest BCUT2D eigenvalue weighted by molar-refractivity contribution is 0.103. The Morgan fingerprint density at radius 1 is 1.09 bits per heavy atom. The fraction of sp³-hybridized carbons (Fsp3) is 0.455. The summed E-state index contributed by atoms with van der Waals surface area (Å²) in [6.45, 7) is 9.08. The summed E-state index contributed by atoms with van der Waals surface area (Å²) in [6, 6.07) is 2.85. The molecule has 32 heavy (non-hydrogen) atoms. The van der Waals surface area contributed by atoms with Gasteiger partial charge < -0.3 is 4.18 Å². The van der Waals surface area contributed by atoms with Gasteiger partial charge in [0.05, 0.1) is 16.8 Å². The SMILES string of the molecule is CCCCS(=O)(=O)Oc1c(C(=O)c2ccc(S(C)(=O)=O)c(C(C)=C(C)C)c2C)cnn1C. The number of sulfone groups is 1. The molecule has 2 aromatic rings. The summed E-state index contributed by atoms with van der Waals surface area (Å²) < 4.78 is 55.8. The van der Waals surface area contributed by atoms with E-state index in [0.717, 1.165) is 17.4 Å². The summed E-state index contributed by atoms with van der Waals surface area (Å²) in [7, 11) is -5.95. The van der Waals surface area contributed by atoms with Crippen LogP contribution in [-0.2, 0) is 27.0 Å². The highest BCUT2D eigenvalue weighted by Crippen LogP contribution is 2.33. The van der Waals surface area contributed by atoms with Crippen LogP contribution in [0.1, 0.15) is 67.6 Å². The van der Waals surface area contributed by atoms with E-state index in [4.69, 9.17) is 4.18 Å². The molecule has 0 saturated heterocycles. The van der Waals surface area contributed by atoms with Gasteiger partial charge in [0.1, 0.15) is 5.56 Å². The number of nitrogens with zero attached hydrogens (tertiary/aromatic N) is 2. The summed E-state index contributed by atoms with van der Waals surface area (Å²) >= 11 is 0. The predicted molar refractivity (Wildman–Crippen MR) is 124 cm³/mol. The van der Waals surface area contributed by atoms with Crippen molar-refractivity contribution in [1.29, 1.82) is 0 Å². The number of hydrogen-bond acceptors (Lipinski definition) is 7. The van der Waals surface area contributed by atoms with Gasteiger partial charge in [0, 0.05) is 18.9 Å². The molecule has 0 saturated carbocycles. The maximum Gasteiger partial charge on any atom is 0.310 e. The summed E-state index contributed by atoms with van der Waals surface area (Å²) in [5, 5.41) is 4.00. The van der Waals surface area contributed by atoms with Gasteiger partial charge in [0.25, 0.3) is 0 Å². The molecular formula is C22H30N2O6S2. The molecule has 10 heteroatoms. The first-order valence-corrected chi connectivity index (χ1v) is 13.6. The molecule has 0 aliphatic rings. The molecule has 0 spiro atoms. The van der Waals surface area contributed by atoms with E-state index in [1.165, 1.54) is 30.1 Å². The summed E-state index contributed by atoms with van der Waals surface area (Å²) in [5.74, 6) is -0.841. The molecule has 0 bridgehead atoms. The largest absolute Gasteiger partial charge is 0.361 e. The van der Waals surface area contributed by atoms with E-state index in [-0.39, 0.29) is 27.7 Å². The van der Waals surface area contributed by atoms with Crippen LogP contribution in [0.2, 0.25) is 0 Å². The molecule has 2 rings (SSSR count). The number of allylic oxidation sites excluding steroid dienone is 2. The highest BCUT2D eigenvalue weighted by atomic mass is 32.2. The Morgan fingerprint density at radius 3 is 2.25 bits per heavy atom. The molecule has 1 aromatic heterocycles. The standard InChI is InChI=1S/C22H30N2O6S2/c1-8-9-12-32(28,29)30-22-18(13-23-24(22)6)21(25)17-10-11-19(31(7,26)27)20(16(17)5)15(4)14(2)3/h10-11,13H,8-9,12H2,1-7H3. The maximum absolute atomic E-state index is 13.4. The normalized spacial score (nSPS) is 12.0. The Kier molecular flexibility index (Phi) is 7.72. The van der Waals surface area contributed by atoms with Crippen LogP contribution >= 0.6 is 0 Å². The first-order valence-electron chi connectivity index (χ1n) is 10.2. The Labute approximate surface area is 190 Å². The number of rotatable bonds is 9. The Hall–Kier alpha value is -2.46. The molecule has 0 radical (unpaired) electrons. The van der Waals surface area contributed by atoms with Crippen LogP contribution in [0.4, 0.5) is 0 Å². The van der Waals surface area contributed by atoms with Crippen LogP contribution < -0.4 is 4.18 Å². The zero-order valence-electron chi connectivity index (χ0n) is 19.5. The number of hydrogen-bond donors (Lipinski definition) is 0. The monoisotopic (exact) mass is 482 g/mol. The molecule has 0 fully saturated rings. The molecule has 0 aliphatic heterocycles. The molecular weight excluding hydrogens is 452 g/mol. The number of ketones is 1. The third-order valence-electron chi connectivity index (χ3n) is 5.28. The third-order valence-corrected chi connectivity index (χ3v) is 7.62. The smallest absolute Gasteiger partial charge is 0.310 e. The van der Waals surface area contributed by atoms with Crippen molar-refractivity contribution < 1.29 is 25.8 Å². The topological polar surface area (TPSA) is 112 Å². The minimum Gasteiger partial charge on any atom is -0.361 e. The van der Waals surface area contributed by atoms with Crippen molar-refractivity contribution in [2.45, 2.75) is 52.4 Å². The number of aromatic nitrogens is 2. The molecule has 0 N–H and O–H groups in total. The highest BCUT2D eigenvalue weighted by Gasteiger charge is 2.27. The van der Waals surface area contributed by atoms with Crippen molar-refractivity contribution in [3.05, 3.63) is 46.2 Å². The second-order valence-corrected chi connectivity index (χ2v) is 11.7. The predicted octanol–water partition coefficient (Wildman–Crippen LogP) is 3.69. The maximum atomic E-state index is 13.4. The fourth-order valence-electron chi connectivity index (χ4n) is 3.27. The van der Waals surface area contributed by atoms with Crippen molar-refractivity contribution >= 4 is 31.3 Å². The van der Waals surface area contributed by atoms with Crippen LogP contribution in [0.3, 0.4) is 0 Å². The van der Waals surface area contributed by atoms with Gasteiger partial charge in [-0.1, -0.05) is 18.9 Å². The average molecular weight is 483 g/mol. The van der Waals surface area contributed by atoms with E-state index in [0.29, 0.717) is 24.0 Å². The van der Waals surface area contributed by atoms with Crippen LogP contribution in [0, 0.1) is 6.92 Å². The van der Waals surface area contributed by atoms with Gasteiger partial charge in [-0.2, -0.15) is 13.5 Å². The number of unbranched alkanes of at least 4 members (excludes halogenated alkanes) is 1. The van der Waals surface area contributed by atoms with Crippen LogP contribution in [0.25, 0.3) is 5.57 Å². The molecule has 176 valence electrons.